The highest BCUT2D eigenvalue weighted by Gasteiger charge is 2.26. The zero-order chi connectivity index (χ0) is 19.3. The molecule has 0 spiro atoms. The molecule has 0 bridgehead atoms. The van der Waals surface area contributed by atoms with E-state index in [1.807, 2.05) is 35.2 Å². The largest absolute Gasteiger partial charge is 0.492 e. The fourth-order valence-corrected chi connectivity index (χ4v) is 3.44. The number of amides is 1. The fraction of sp³-hybridized carbons (Fsp3) is 0.286. The summed E-state index contributed by atoms with van der Waals surface area (Å²) >= 11 is 6.06. The van der Waals surface area contributed by atoms with Gasteiger partial charge in [0, 0.05) is 43.2 Å². The van der Waals surface area contributed by atoms with Gasteiger partial charge in [0.25, 0.3) is 5.91 Å². The maximum Gasteiger partial charge on any atom is 0.276 e. The van der Waals surface area contributed by atoms with E-state index in [1.165, 1.54) is 0 Å². The SMILES string of the molecule is O=C(c1cc(-c2ccccc2)on1)N1CCC(COc2ccncc2Cl)CC1. The number of hydrogen-bond acceptors (Lipinski definition) is 5. The third kappa shape index (κ3) is 4.17. The minimum Gasteiger partial charge on any atom is -0.492 e. The molecule has 28 heavy (non-hydrogen) atoms. The van der Waals surface area contributed by atoms with Gasteiger partial charge in [0.05, 0.1) is 6.61 Å². The molecule has 6 nitrogen and oxygen atoms in total. The van der Waals surface area contributed by atoms with Crippen molar-refractivity contribution in [2.75, 3.05) is 19.7 Å². The molecule has 3 heterocycles. The molecule has 1 saturated heterocycles. The first kappa shape index (κ1) is 18.5. The molecule has 1 amide bonds. The minimum absolute atomic E-state index is 0.0949. The maximum atomic E-state index is 12.7. The molecule has 1 aliphatic rings. The number of carbonyl (C=O) groups excluding carboxylic acids is 1. The first-order valence-corrected chi connectivity index (χ1v) is 9.62. The van der Waals surface area contributed by atoms with Gasteiger partial charge in [-0.15, -0.1) is 0 Å². The van der Waals surface area contributed by atoms with Crippen LogP contribution in [0.15, 0.2) is 59.4 Å². The van der Waals surface area contributed by atoms with Crippen molar-refractivity contribution in [1.82, 2.24) is 15.0 Å². The van der Waals surface area contributed by atoms with Crippen molar-refractivity contribution in [2.45, 2.75) is 12.8 Å². The number of likely N-dealkylation sites (tertiary alicyclic amines) is 1. The summed E-state index contributed by atoms with van der Waals surface area (Å²) in [4.78, 5) is 18.5. The lowest BCUT2D eigenvalue weighted by Crippen LogP contribution is -2.39. The van der Waals surface area contributed by atoms with Crippen molar-refractivity contribution < 1.29 is 14.1 Å². The Morgan fingerprint density at radius 3 is 2.75 bits per heavy atom. The van der Waals surface area contributed by atoms with Crippen LogP contribution in [0.3, 0.4) is 0 Å². The highest BCUT2D eigenvalue weighted by Crippen LogP contribution is 2.26. The molecule has 3 aromatic rings. The Balaban J connectivity index is 1.31. The average molecular weight is 398 g/mol. The second kappa shape index (κ2) is 8.44. The molecule has 7 heteroatoms. The Morgan fingerprint density at radius 1 is 1.21 bits per heavy atom. The van der Waals surface area contributed by atoms with Crippen LogP contribution in [0.5, 0.6) is 5.75 Å². The molecule has 0 unspecified atom stereocenters. The summed E-state index contributed by atoms with van der Waals surface area (Å²) in [5.74, 6) is 1.53. The lowest BCUT2D eigenvalue weighted by atomic mass is 9.97. The molecule has 0 aliphatic carbocycles. The van der Waals surface area contributed by atoms with Crippen LogP contribution in [0.2, 0.25) is 5.02 Å². The number of rotatable bonds is 5. The van der Waals surface area contributed by atoms with Gasteiger partial charge < -0.3 is 14.2 Å². The molecular formula is C21H20ClN3O3. The van der Waals surface area contributed by atoms with Gasteiger partial charge in [-0.1, -0.05) is 47.1 Å². The van der Waals surface area contributed by atoms with Crippen LogP contribution in [0.25, 0.3) is 11.3 Å². The zero-order valence-electron chi connectivity index (χ0n) is 15.3. The number of nitrogens with zero attached hydrogens (tertiary/aromatic N) is 3. The van der Waals surface area contributed by atoms with Crippen LogP contribution in [-0.4, -0.2) is 40.6 Å². The molecule has 0 radical (unpaired) electrons. The third-order valence-corrected chi connectivity index (χ3v) is 5.18. The van der Waals surface area contributed by atoms with Crippen molar-refractivity contribution in [1.29, 1.82) is 0 Å². The number of halogens is 1. The first-order chi connectivity index (χ1) is 13.7. The second-order valence-corrected chi connectivity index (χ2v) is 7.20. The summed E-state index contributed by atoms with van der Waals surface area (Å²) in [6.45, 7) is 1.92. The Morgan fingerprint density at radius 2 is 2.00 bits per heavy atom. The van der Waals surface area contributed by atoms with Gasteiger partial charge in [0.15, 0.2) is 11.5 Å². The highest BCUT2D eigenvalue weighted by atomic mass is 35.5. The molecule has 1 aliphatic heterocycles. The van der Waals surface area contributed by atoms with E-state index < -0.39 is 0 Å². The number of pyridine rings is 1. The molecule has 144 valence electrons. The van der Waals surface area contributed by atoms with Crippen LogP contribution in [0.1, 0.15) is 23.3 Å². The van der Waals surface area contributed by atoms with Crippen LogP contribution in [0, 0.1) is 5.92 Å². The lowest BCUT2D eigenvalue weighted by molar-refractivity contribution is 0.0651. The summed E-state index contributed by atoms with van der Waals surface area (Å²) in [5.41, 5.74) is 1.25. The average Bonchev–Trinajstić information content (AvgIpc) is 3.24. The highest BCUT2D eigenvalue weighted by molar-refractivity contribution is 6.31. The third-order valence-electron chi connectivity index (χ3n) is 4.90. The van der Waals surface area contributed by atoms with Crippen molar-refractivity contribution >= 4 is 17.5 Å². The predicted octanol–water partition coefficient (Wildman–Crippen LogP) is 4.32. The van der Waals surface area contributed by atoms with Crippen LogP contribution in [0.4, 0.5) is 0 Å². The maximum absolute atomic E-state index is 12.7. The van der Waals surface area contributed by atoms with Gasteiger partial charge >= 0.3 is 0 Å². The van der Waals surface area contributed by atoms with Crippen LogP contribution in [-0.2, 0) is 0 Å². The van der Waals surface area contributed by atoms with E-state index in [-0.39, 0.29) is 5.91 Å². The molecular weight excluding hydrogens is 378 g/mol. The summed E-state index contributed by atoms with van der Waals surface area (Å²) < 4.78 is 11.2. The smallest absolute Gasteiger partial charge is 0.276 e. The van der Waals surface area contributed by atoms with Crippen LogP contribution < -0.4 is 4.74 Å². The summed E-state index contributed by atoms with van der Waals surface area (Å²) in [6.07, 6.45) is 4.97. The Kier molecular flexibility index (Phi) is 5.58. The van der Waals surface area contributed by atoms with Gasteiger partial charge in [0.1, 0.15) is 10.8 Å². The number of carbonyl (C=O) groups is 1. The van der Waals surface area contributed by atoms with Crippen LogP contribution >= 0.6 is 11.6 Å². The van der Waals surface area contributed by atoms with E-state index >= 15 is 0 Å². The van der Waals surface area contributed by atoms with E-state index in [0.29, 0.717) is 47.8 Å². The van der Waals surface area contributed by atoms with E-state index in [2.05, 4.69) is 10.1 Å². The number of aromatic nitrogens is 2. The molecule has 0 N–H and O–H groups in total. The van der Waals surface area contributed by atoms with E-state index in [9.17, 15) is 4.79 Å². The van der Waals surface area contributed by atoms with E-state index in [1.54, 1.807) is 24.5 Å². The molecule has 0 saturated carbocycles. The summed E-state index contributed by atoms with van der Waals surface area (Å²) in [5, 5.41) is 4.47. The molecule has 2 aromatic heterocycles. The quantitative estimate of drug-likeness (QED) is 0.641. The van der Waals surface area contributed by atoms with E-state index in [0.717, 1.165) is 18.4 Å². The van der Waals surface area contributed by atoms with Crippen molar-refractivity contribution in [3.8, 4) is 17.1 Å². The topological polar surface area (TPSA) is 68.5 Å². The van der Waals surface area contributed by atoms with Crippen molar-refractivity contribution in [2.24, 2.45) is 5.92 Å². The monoisotopic (exact) mass is 397 g/mol. The molecule has 1 fully saturated rings. The zero-order valence-corrected chi connectivity index (χ0v) is 16.0. The molecule has 4 rings (SSSR count). The lowest BCUT2D eigenvalue weighted by Gasteiger charge is -2.31. The minimum atomic E-state index is -0.0949. The number of ether oxygens (including phenoxy) is 1. The van der Waals surface area contributed by atoms with Gasteiger partial charge in [-0.3, -0.25) is 9.78 Å². The molecule has 1 aromatic carbocycles. The molecule has 0 atom stereocenters. The van der Waals surface area contributed by atoms with Gasteiger partial charge in [-0.05, 0) is 18.8 Å². The van der Waals surface area contributed by atoms with Gasteiger partial charge in [0.2, 0.25) is 0 Å². The number of hydrogen-bond donors (Lipinski definition) is 0. The van der Waals surface area contributed by atoms with Crippen molar-refractivity contribution in [3.05, 3.63) is 65.6 Å². The number of benzene rings is 1. The second-order valence-electron chi connectivity index (χ2n) is 6.80. The summed E-state index contributed by atoms with van der Waals surface area (Å²) in [7, 11) is 0. The standard InChI is InChI=1S/C21H20ClN3O3/c22-17-13-23-9-6-19(17)27-14-15-7-10-25(11-8-15)21(26)18-12-20(28-24-18)16-4-2-1-3-5-16/h1-6,9,12-13,15H,7-8,10-11,14H2. The predicted molar refractivity (Wildman–Crippen MR) is 105 cm³/mol. The summed E-state index contributed by atoms with van der Waals surface area (Å²) in [6, 6.07) is 13.1. The normalized spacial score (nSPS) is 14.8. The van der Waals surface area contributed by atoms with Gasteiger partial charge in [-0.2, -0.15) is 0 Å². The van der Waals surface area contributed by atoms with Gasteiger partial charge in [-0.25, -0.2) is 0 Å². The van der Waals surface area contributed by atoms with E-state index in [4.69, 9.17) is 20.9 Å². The first-order valence-electron chi connectivity index (χ1n) is 9.24. The Hall–Kier alpha value is -2.86. The van der Waals surface area contributed by atoms with Crippen molar-refractivity contribution in [3.63, 3.8) is 0 Å². The Bertz CT molecular complexity index is 937. The fourth-order valence-electron chi connectivity index (χ4n) is 3.27. The number of piperidine rings is 1. The Labute approximate surface area is 168 Å².